The van der Waals surface area contributed by atoms with Gasteiger partial charge in [0.15, 0.2) is 5.96 Å². The maximum atomic E-state index is 8.00. The van der Waals surface area contributed by atoms with Crippen molar-refractivity contribution in [3.05, 3.63) is 71.6 Å². The molecule has 0 bridgehead atoms. The molecule has 7 nitrogen and oxygen atoms in total. The molecule has 0 aliphatic carbocycles. The number of nitrogens with one attached hydrogen (secondary N) is 1. The molecule has 1 N–H and O–H groups in total. The molecule has 0 radical (unpaired) electrons. The van der Waals surface area contributed by atoms with Crippen LogP contribution in [0.2, 0.25) is 0 Å². The van der Waals surface area contributed by atoms with Gasteiger partial charge in [-0.2, -0.15) is 0 Å². The highest BCUT2D eigenvalue weighted by Crippen LogP contribution is 2.26. The van der Waals surface area contributed by atoms with Gasteiger partial charge in [-0.1, -0.05) is 85.4 Å². The van der Waals surface area contributed by atoms with E-state index in [9.17, 15) is 0 Å². The quantitative estimate of drug-likeness (QED) is 0.288. The summed E-state index contributed by atoms with van der Waals surface area (Å²) in [6.07, 6.45) is 5.99. The summed E-state index contributed by atoms with van der Waals surface area (Å²) in [5.41, 5.74) is 4.06. The Bertz CT molecular complexity index is 1030. The van der Waals surface area contributed by atoms with E-state index < -0.39 is 0 Å². The van der Waals surface area contributed by atoms with Crippen molar-refractivity contribution in [3.63, 3.8) is 0 Å². The van der Waals surface area contributed by atoms with Crippen LogP contribution in [-0.4, -0.2) is 76.0 Å². The third kappa shape index (κ3) is 12.6. The van der Waals surface area contributed by atoms with E-state index in [2.05, 4.69) is 101 Å². The van der Waals surface area contributed by atoms with Crippen LogP contribution in [0.4, 0.5) is 5.69 Å². The van der Waals surface area contributed by atoms with Crippen molar-refractivity contribution < 1.29 is 11.0 Å². The third-order valence-corrected chi connectivity index (χ3v) is 6.79. The van der Waals surface area contributed by atoms with Crippen LogP contribution in [0.15, 0.2) is 71.0 Å². The number of rotatable bonds is 10. The standard InChI is InChI=1S/C29H41N5O.C2H6.CH2O.3CH4.H2/c1-4-30-29-31-28-25(22-33(29)3)23-34(19-18-32(28)2)26-16-12-17-27(21-26)35-20-11-6-5-8-13-24-14-9-7-10-15-24;2*1-2;;;;/h7,9-10,12,14-17,21H,4-6,8,11,13,18-20,22-23H2,1-3H3,(H,30,31);1-2H3;1H2;3*1H4;1H. The van der Waals surface area contributed by atoms with Gasteiger partial charge in [0.2, 0.25) is 0 Å². The minimum atomic E-state index is 0. The normalized spacial score (nSPS) is 14.7. The predicted molar refractivity (Wildman–Crippen MR) is 187 cm³/mol. The number of anilines is 1. The number of hydrogen-bond acceptors (Lipinski definition) is 5. The monoisotopic (exact) mass is 585 g/mol. The number of guanidine groups is 1. The van der Waals surface area contributed by atoms with E-state index >= 15 is 0 Å². The van der Waals surface area contributed by atoms with Crippen molar-refractivity contribution in [1.29, 1.82) is 0 Å². The molecule has 42 heavy (non-hydrogen) atoms. The lowest BCUT2D eigenvalue weighted by molar-refractivity contribution is -0.0980. The van der Waals surface area contributed by atoms with Crippen molar-refractivity contribution in [2.45, 2.75) is 75.2 Å². The fourth-order valence-corrected chi connectivity index (χ4v) is 4.83. The van der Waals surface area contributed by atoms with Crippen LogP contribution in [0, 0.1) is 0 Å². The van der Waals surface area contributed by atoms with E-state index in [4.69, 9.17) is 9.53 Å². The lowest BCUT2D eigenvalue weighted by Gasteiger charge is -2.34. The topological polar surface area (TPSA) is 60.4 Å². The van der Waals surface area contributed by atoms with E-state index in [1.807, 2.05) is 20.6 Å². The highest BCUT2D eigenvalue weighted by Gasteiger charge is 2.27. The first-order valence-corrected chi connectivity index (χ1v) is 14.4. The molecule has 4 rings (SSSR count). The number of carbonyl (C=O) groups excluding carboxylic acids is 1. The van der Waals surface area contributed by atoms with E-state index in [-0.39, 0.29) is 23.7 Å². The lowest BCUT2D eigenvalue weighted by atomic mass is 10.1. The van der Waals surface area contributed by atoms with Crippen molar-refractivity contribution in [2.24, 2.45) is 4.99 Å². The molecule has 0 fully saturated rings. The Morgan fingerprint density at radius 2 is 1.57 bits per heavy atom. The highest BCUT2D eigenvalue weighted by atomic mass is 16.5. The van der Waals surface area contributed by atoms with Crippen molar-refractivity contribution in [3.8, 4) is 5.75 Å². The Morgan fingerprint density at radius 3 is 2.26 bits per heavy atom. The molecule has 0 unspecified atom stereocenters. The zero-order chi connectivity index (χ0) is 28.5. The number of aryl methyl sites for hydroxylation is 1. The van der Waals surface area contributed by atoms with E-state index in [0.29, 0.717) is 0 Å². The minimum Gasteiger partial charge on any atom is -0.494 e. The van der Waals surface area contributed by atoms with Gasteiger partial charge in [0.05, 0.1) is 6.61 Å². The zero-order valence-corrected chi connectivity index (χ0v) is 24.8. The summed E-state index contributed by atoms with van der Waals surface area (Å²) in [6.45, 7) is 13.4. The fourth-order valence-electron chi connectivity index (χ4n) is 4.83. The molecular weight excluding hydrogens is 522 g/mol. The molecule has 0 spiro atoms. The predicted octanol–water partition coefficient (Wildman–Crippen LogP) is 7.74. The lowest BCUT2D eigenvalue weighted by Crippen LogP contribution is -2.48. The van der Waals surface area contributed by atoms with Crippen molar-refractivity contribution in [1.82, 2.24) is 15.1 Å². The van der Waals surface area contributed by atoms with Gasteiger partial charge in [0, 0.05) is 65.6 Å². The maximum Gasteiger partial charge on any atom is 0.199 e. The maximum absolute atomic E-state index is 8.00. The Morgan fingerprint density at radius 1 is 0.881 bits per heavy atom. The van der Waals surface area contributed by atoms with Gasteiger partial charge in [-0.15, -0.1) is 0 Å². The number of nitrogens with zero attached hydrogens (tertiary/aromatic N) is 4. The molecular formula is C35H63N5O2. The molecule has 0 amide bonds. The molecule has 2 aromatic rings. The van der Waals surface area contributed by atoms with Crippen LogP contribution >= 0.6 is 0 Å². The molecule has 0 aromatic heterocycles. The molecule has 2 aliphatic rings. The average molecular weight is 586 g/mol. The summed E-state index contributed by atoms with van der Waals surface area (Å²) in [4.78, 5) is 19.6. The van der Waals surface area contributed by atoms with Gasteiger partial charge in [-0.25, -0.2) is 0 Å². The minimum absolute atomic E-state index is 0. The van der Waals surface area contributed by atoms with Gasteiger partial charge in [-0.05, 0) is 43.9 Å². The van der Waals surface area contributed by atoms with Crippen LogP contribution < -0.4 is 15.0 Å². The third-order valence-electron chi connectivity index (χ3n) is 6.79. The first kappa shape index (κ1) is 40.7. The van der Waals surface area contributed by atoms with Crippen molar-refractivity contribution >= 4 is 18.4 Å². The van der Waals surface area contributed by atoms with Crippen LogP contribution in [-0.2, 0) is 11.2 Å². The summed E-state index contributed by atoms with van der Waals surface area (Å²) < 4.78 is 6.13. The fraction of sp³-hybridized carbons (Fsp3) is 0.543. The smallest absolute Gasteiger partial charge is 0.199 e. The number of benzene rings is 2. The summed E-state index contributed by atoms with van der Waals surface area (Å²) in [6, 6.07) is 19.4. The second-order valence-electron chi connectivity index (χ2n) is 9.57. The number of hydrogen-bond donors (Lipinski definition) is 1. The van der Waals surface area contributed by atoms with Crippen LogP contribution in [0.1, 0.15) is 75.7 Å². The molecule has 2 aromatic carbocycles. The summed E-state index contributed by atoms with van der Waals surface area (Å²) in [5.74, 6) is 3.13. The largest absolute Gasteiger partial charge is 0.494 e. The Labute approximate surface area is 260 Å². The number of likely N-dealkylation sites (N-methyl/N-ethyl adjacent to an activating group) is 2. The molecule has 0 saturated carbocycles. The summed E-state index contributed by atoms with van der Waals surface area (Å²) in [7, 11) is 4.27. The second kappa shape index (κ2) is 23.1. The van der Waals surface area contributed by atoms with Gasteiger partial charge < -0.3 is 29.5 Å². The molecule has 2 heterocycles. The first-order chi connectivity index (χ1) is 19.1. The van der Waals surface area contributed by atoms with E-state index in [1.54, 1.807) is 0 Å². The highest BCUT2D eigenvalue weighted by molar-refractivity contribution is 5.83. The summed E-state index contributed by atoms with van der Waals surface area (Å²) in [5, 5.41) is 3.57. The van der Waals surface area contributed by atoms with Crippen molar-refractivity contribution in [2.75, 3.05) is 58.3 Å². The van der Waals surface area contributed by atoms with E-state index in [1.165, 1.54) is 48.3 Å². The van der Waals surface area contributed by atoms with Gasteiger partial charge in [0.25, 0.3) is 0 Å². The zero-order valence-electron chi connectivity index (χ0n) is 24.8. The van der Waals surface area contributed by atoms with Crippen LogP contribution in [0.25, 0.3) is 0 Å². The Balaban J connectivity index is -0.00000192. The Kier molecular flexibility index (Phi) is 22.4. The number of aliphatic imine (C=N–C) groups is 1. The first-order valence-electron chi connectivity index (χ1n) is 14.4. The number of unbranched alkanes of at least 4 members (excludes halogenated alkanes) is 3. The Hall–Kier alpha value is -3.48. The van der Waals surface area contributed by atoms with Gasteiger partial charge >= 0.3 is 0 Å². The van der Waals surface area contributed by atoms with Gasteiger partial charge in [0.1, 0.15) is 18.4 Å². The molecule has 240 valence electrons. The second-order valence-corrected chi connectivity index (χ2v) is 9.57. The molecule has 7 heteroatoms. The SMILES string of the molecule is C.C.C.C=O.CC.CCN=C1NC2=C(CN1C)CN(c1cccc(OCCCCCCc3ccccc3)c1)CCN2C.[HH]. The van der Waals surface area contributed by atoms with Crippen LogP contribution in [0.5, 0.6) is 5.75 Å². The average Bonchev–Trinajstić information content (AvgIpc) is 3.14. The molecule has 2 aliphatic heterocycles. The van der Waals surface area contributed by atoms with Crippen LogP contribution in [0.3, 0.4) is 0 Å². The number of ether oxygens (including phenoxy) is 1. The molecule has 0 atom stereocenters. The summed E-state index contributed by atoms with van der Waals surface area (Å²) >= 11 is 0. The number of carbonyl (C=O) groups is 1. The van der Waals surface area contributed by atoms with E-state index in [0.717, 1.165) is 57.5 Å². The van der Waals surface area contributed by atoms with Gasteiger partial charge in [-0.3, -0.25) is 4.99 Å². The molecule has 0 saturated heterocycles.